The van der Waals surface area contributed by atoms with E-state index in [2.05, 4.69) is 5.32 Å². The van der Waals surface area contributed by atoms with E-state index in [1.165, 1.54) is 24.1 Å². The third kappa shape index (κ3) is 8.12. The summed E-state index contributed by atoms with van der Waals surface area (Å²) in [5.74, 6) is -1.35. The zero-order valence-corrected chi connectivity index (χ0v) is 23.8. The molecule has 0 aliphatic heterocycles. The highest BCUT2D eigenvalue weighted by Crippen LogP contribution is 2.32. The normalized spacial score (nSPS) is 12.5. The molecule has 1 atom stereocenters. The molecule has 0 bridgehead atoms. The predicted molar refractivity (Wildman–Crippen MR) is 149 cm³/mol. The number of anilines is 1. The lowest BCUT2D eigenvalue weighted by Gasteiger charge is -2.33. The summed E-state index contributed by atoms with van der Waals surface area (Å²) in [6, 6.07) is 16.0. The smallest absolute Gasteiger partial charge is 0.357 e. The van der Waals surface area contributed by atoms with Gasteiger partial charge in [0.25, 0.3) is 0 Å². The van der Waals surface area contributed by atoms with Crippen molar-refractivity contribution < 1.29 is 31.2 Å². The molecule has 0 aromatic heterocycles. The standard InChI is InChI=1S/C27H26Cl2F3N3O4S/c1-33-26(37)24(14-18-7-4-3-5-8-18)34(16-19-11-12-22(28)23(29)13-19)25(36)17-35(40(2,38)39)21-10-6-9-20(15-21)27(30,31)32/h3-13,15,24H,14,16-17H2,1-2H3,(H,33,37)/t24-/m1/s1. The molecule has 0 aliphatic rings. The van der Waals surface area contributed by atoms with Crippen molar-refractivity contribution in [1.82, 2.24) is 10.2 Å². The summed E-state index contributed by atoms with van der Waals surface area (Å²) in [6.07, 6.45) is -3.87. The van der Waals surface area contributed by atoms with E-state index in [4.69, 9.17) is 23.2 Å². The maximum atomic E-state index is 13.8. The highest BCUT2D eigenvalue weighted by Gasteiger charge is 2.34. The summed E-state index contributed by atoms with van der Waals surface area (Å²) in [6.45, 7) is -1.02. The van der Waals surface area contributed by atoms with Gasteiger partial charge in [0.15, 0.2) is 0 Å². The summed E-state index contributed by atoms with van der Waals surface area (Å²) in [4.78, 5) is 28.1. The summed E-state index contributed by atoms with van der Waals surface area (Å²) < 4.78 is 66.1. The number of alkyl halides is 3. The van der Waals surface area contributed by atoms with Crippen molar-refractivity contribution >= 4 is 50.7 Å². The summed E-state index contributed by atoms with van der Waals surface area (Å²) in [5, 5.41) is 3.00. The molecular weight excluding hydrogens is 590 g/mol. The fourth-order valence-electron chi connectivity index (χ4n) is 4.01. The molecule has 0 heterocycles. The van der Waals surface area contributed by atoms with Crippen molar-refractivity contribution in [2.75, 3.05) is 24.2 Å². The van der Waals surface area contributed by atoms with Crippen LogP contribution in [0.2, 0.25) is 10.0 Å². The quantitative estimate of drug-likeness (QED) is 0.341. The summed E-state index contributed by atoms with van der Waals surface area (Å²) in [5.41, 5.74) is -0.207. The lowest BCUT2D eigenvalue weighted by atomic mass is 10.0. The number of hydrogen-bond acceptors (Lipinski definition) is 4. The Morgan fingerprint density at radius 3 is 2.17 bits per heavy atom. The third-order valence-corrected chi connectivity index (χ3v) is 7.87. The van der Waals surface area contributed by atoms with Gasteiger partial charge < -0.3 is 10.2 Å². The fraction of sp³-hybridized carbons (Fsp3) is 0.259. The fourth-order valence-corrected chi connectivity index (χ4v) is 5.17. The minimum atomic E-state index is -4.73. The molecule has 0 unspecified atom stereocenters. The minimum Gasteiger partial charge on any atom is -0.357 e. The first-order chi connectivity index (χ1) is 18.7. The van der Waals surface area contributed by atoms with Crippen LogP contribution in [0.15, 0.2) is 72.8 Å². The molecular formula is C27H26Cl2F3N3O4S. The number of carbonyl (C=O) groups is 2. The molecule has 3 rings (SSSR count). The van der Waals surface area contributed by atoms with Gasteiger partial charge in [0.05, 0.1) is 27.6 Å². The van der Waals surface area contributed by atoms with Crippen molar-refractivity contribution in [2.24, 2.45) is 0 Å². The van der Waals surface area contributed by atoms with Crippen LogP contribution >= 0.6 is 23.2 Å². The van der Waals surface area contributed by atoms with Crippen LogP contribution in [-0.4, -0.2) is 51.0 Å². The van der Waals surface area contributed by atoms with Gasteiger partial charge in [0.2, 0.25) is 21.8 Å². The van der Waals surface area contributed by atoms with Crippen LogP contribution in [0, 0.1) is 0 Å². The molecule has 0 spiro atoms. The lowest BCUT2D eigenvalue weighted by Crippen LogP contribution is -2.52. The lowest BCUT2D eigenvalue weighted by molar-refractivity contribution is -0.139. The Morgan fingerprint density at radius 1 is 0.925 bits per heavy atom. The molecule has 0 saturated carbocycles. The molecule has 1 N–H and O–H groups in total. The molecule has 3 aromatic carbocycles. The van der Waals surface area contributed by atoms with Crippen molar-refractivity contribution in [3.05, 3.63) is 99.5 Å². The van der Waals surface area contributed by atoms with Crippen molar-refractivity contribution in [2.45, 2.75) is 25.2 Å². The van der Waals surface area contributed by atoms with E-state index in [0.29, 0.717) is 15.9 Å². The van der Waals surface area contributed by atoms with Crippen molar-refractivity contribution in [1.29, 1.82) is 0 Å². The predicted octanol–water partition coefficient (Wildman–Crippen LogP) is 5.16. The second-order valence-electron chi connectivity index (χ2n) is 8.91. The van der Waals surface area contributed by atoms with Gasteiger partial charge in [-0.3, -0.25) is 13.9 Å². The highest BCUT2D eigenvalue weighted by molar-refractivity contribution is 7.92. The number of halogens is 5. The molecule has 40 heavy (non-hydrogen) atoms. The van der Waals surface area contributed by atoms with E-state index in [0.717, 1.165) is 30.0 Å². The topological polar surface area (TPSA) is 86.8 Å². The van der Waals surface area contributed by atoms with Gasteiger partial charge in [-0.1, -0.05) is 65.7 Å². The first kappa shape index (κ1) is 31.3. The first-order valence-electron chi connectivity index (χ1n) is 11.8. The Bertz CT molecular complexity index is 1470. The minimum absolute atomic E-state index is 0.0794. The van der Waals surface area contributed by atoms with Gasteiger partial charge in [-0.2, -0.15) is 13.2 Å². The van der Waals surface area contributed by atoms with E-state index < -0.39 is 46.2 Å². The van der Waals surface area contributed by atoms with Crippen LogP contribution in [-0.2, 0) is 38.8 Å². The second-order valence-corrected chi connectivity index (χ2v) is 11.6. The molecule has 0 saturated heterocycles. The van der Waals surface area contributed by atoms with E-state index >= 15 is 0 Å². The largest absolute Gasteiger partial charge is 0.416 e. The maximum absolute atomic E-state index is 13.8. The van der Waals surface area contributed by atoms with Crippen LogP contribution in [0.3, 0.4) is 0 Å². The van der Waals surface area contributed by atoms with E-state index in [1.807, 2.05) is 0 Å². The monoisotopic (exact) mass is 615 g/mol. The van der Waals surface area contributed by atoms with Gasteiger partial charge in [0, 0.05) is 20.0 Å². The number of carbonyl (C=O) groups excluding carboxylic acids is 2. The number of sulfonamides is 1. The van der Waals surface area contributed by atoms with Crippen LogP contribution in [0.4, 0.5) is 18.9 Å². The third-order valence-electron chi connectivity index (χ3n) is 6.00. The molecule has 13 heteroatoms. The molecule has 0 fully saturated rings. The molecule has 3 aromatic rings. The van der Waals surface area contributed by atoms with E-state index in [-0.39, 0.29) is 28.7 Å². The van der Waals surface area contributed by atoms with Gasteiger partial charge in [-0.15, -0.1) is 0 Å². The SMILES string of the molecule is CNC(=O)[C@@H](Cc1ccccc1)N(Cc1ccc(Cl)c(Cl)c1)C(=O)CN(c1cccc(C(F)(F)F)c1)S(C)(=O)=O. The zero-order chi connectivity index (χ0) is 29.7. The maximum Gasteiger partial charge on any atom is 0.416 e. The Balaban J connectivity index is 2.07. The van der Waals surface area contributed by atoms with E-state index in [9.17, 15) is 31.2 Å². The Hall–Kier alpha value is -3.28. The van der Waals surface area contributed by atoms with Crippen molar-refractivity contribution in [3.63, 3.8) is 0 Å². The van der Waals surface area contributed by atoms with Crippen LogP contribution in [0.25, 0.3) is 0 Å². The van der Waals surface area contributed by atoms with Crippen LogP contribution < -0.4 is 9.62 Å². The molecule has 2 amide bonds. The number of amides is 2. The van der Waals surface area contributed by atoms with Gasteiger partial charge in [-0.25, -0.2) is 8.42 Å². The Labute approximate surface area is 240 Å². The number of nitrogens with zero attached hydrogens (tertiary/aromatic N) is 2. The Morgan fingerprint density at radius 2 is 1.60 bits per heavy atom. The van der Waals surface area contributed by atoms with Gasteiger partial charge in [0.1, 0.15) is 12.6 Å². The molecule has 214 valence electrons. The number of hydrogen-bond donors (Lipinski definition) is 1. The first-order valence-corrected chi connectivity index (χ1v) is 14.4. The average molecular weight is 616 g/mol. The second kappa shape index (κ2) is 12.9. The van der Waals surface area contributed by atoms with Gasteiger partial charge in [-0.05, 0) is 41.5 Å². The molecule has 7 nitrogen and oxygen atoms in total. The molecule has 0 aliphatic carbocycles. The average Bonchev–Trinajstić information content (AvgIpc) is 2.90. The number of rotatable bonds is 10. The zero-order valence-electron chi connectivity index (χ0n) is 21.5. The number of benzene rings is 3. The highest BCUT2D eigenvalue weighted by atomic mass is 35.5. The molecule has 0 radical (unpaired) electrons. The number of likely N-dealkylation sites (N-methyl/N-ethyl adjacent to an activating group) is 1. The van der Waals surface area contributed by atoms with E-state index in [1.54, 1.807) is 36.4 Å². The van der Waals surface area contributed by atoms with Crippen molar-refractivity contribution in [3.8, 4) is 0 Å². The summed E-state index contributed by atoms with van der Waals surface area (Å²) >= 11 is 12.2. The van der Waals surface area contributed by atoms with Crippen LogP contribution in [0.5, 0.6) is 0 Å². The Kier molecular flexibility index (Phi) is 10.1. The number of nitrogens with one attached hydrogen (secondary N) is 1. The van der Waals surface area contributed by atoms with Crippen LogP contribution in [0.1, 0.15) is 16.7 Å². The summed E-state index contributed by atoms with van der Waals surface area (Å²) in [7, 11) is -2.83. The van der Waals surface area contributed by atoms with Gasteiger partial charge >= 0.3 is 6.18 Å².